The maximum absolute atomic E-state index is 12.2. The van der Waals surface area contributed by atoms with Gasteiger partial charge in [0.05, 0.1) is 24.4 Å². The van der Waals surface area contributed by atoms with Crippen molar-refractivity contribution in [3.8, 4) is 0 Å². The Labute approximate surface area is 199 Å². The summed E-state index contributed by atoms with van der Waals surface area (Å²) in [5, 5.41) is 4.31. The van der Waals surface area contributed by atoms with Gasteiger partial charge in [-0.1, -0.05) is 59.2 Å². The number of nitrogens with one attached hydrogen (secondary N) is 1. The molecule has 0 aromatic heterocycles. The monoisotopic (exact) mass is 458 g/mol. The molecule has 4 nitrogen and oxygen atoms in total. The van der Waals surface area contributed by atoms with Gasteiger partial charge in [-0.05, 0) is 60.7 Å². The van der Waals surface area contributed by atoms with E-state index < -0.39 is 0 Å². The normalized spacial score (nSPS) is 11.7. The fraction of sp³-hybridized carbons (Fsp3) is 0.519. The molecular formula is C27H39ClN2O2. The van der Waals surface area contributed by atoms with Gasteiger partial charge in [0.1, 0.15) is 0 Å². The molecule has 0 aliphatic heterocycles. The number of halogens is 1. The first kappa shape index (κ1) is 26.1. The number of hydrogen-bond acceptors (Lipinski definition) is 4. The van der Waals surface area contributed by atoms with Gasteiger partial charge in [-0.25, -0.2) is 0 Å². The van der Waals surface area contributed by atoms with Crippen molar-refractivity contribution in [2.75, 3.05) is 29.9 Å². The number of benzene rings is 2. The highest BCUT2D eigenvalue weighted by Gasteiger charge is 2.27. The highest BCUT2D eigenvalue weighted by Crippen LogP contribution is 2.36. The first-order chi connectivity index (χ1) is 15.0. The van der Waals surface area contributed by atoms with Crippen LogP contribution >= 0.6 is 11.6 Å². The van der Waals surface area contributed by atoms with E-state index in [0.717, 1.165) is 35.7 Å². The summed E-state index contributed by atoms with van der Waals surface area (Å²) >= 11 is 6.09. The molecule has 0 radical (unpaired) electrons. The summed E-state index contributed by atoms with van der Waals surface area (Å²) in [6.45, 7) is 17.3. The van der Waals surface area contributed by atoms with Crippen molar-refractivity contribution < 1.29 is 9.53 Å². The van der Waals surface area contributed by atoms with E-state index in [-0.39, 0.29) is 11.4 Å². The number of carbonyl (C=O) groups excluding carboxylic acids is 1. The molecule has 0 aliphatic carbocycles. The second-order valence-corrected chi connectivity index (χ2v) is 10.4. The van der Waals surface area contributed by atoms with E-state index in [1.807, 2.05) is 31.2 Å². The molecule has 0 saturated heterocycles. The lowest BCUT2D eigenvalue weighted by Gasteiger charge is -2.32. The molecular weight excluding hydrogens is 420 g/mol. The molecule has 0 bridgehead atoms. The van der Waals surface area contributed by atoms with Gasteiger partial charge in [-0.3, -0.25) is 4.79 Å². The fourth-order valence-corrected chi connectivity index (χ4v) is 3.98. The van der Waals surface area contributed by atoms with Gasteiger partial charge in [0, 0.05) is 29.2 Å². The first-order valence-corrected chi connectivity index (χ1v) is 12.0. The Balaban J connectivity index is 2.49. The third kappa shape index (κ3) is 7.74. The van der Waals surface area contributed by atoms with E-state index >= 15 is 0 Å². The van der Waals surface area contributed by atoms with Gasteiger partial charge in [0.15, 0.2) is 0 Å². The molecule has 2 aromatic rings. The molecule has 0 aliphatic rings. The Kier molecular flexibility index (Phi) is 9.45. The fourth-order valence-electron chi connectivity index (χ4n) is 3.85. The van der Waals surface area contributed by atoms with Crippen LogP contribution in [0.15, 0.2) is 42.5 Å². The minimum Gasteiger partial charge on any atom is -0.466 e. The van der Waals surface area contributed by atoms with E-state index in [4.69, 9.17) is 16.3 Å². The van der Waals surface area contributed by atoms with E-state index in [1.54, 1.807) is 0 Å². The van der Waals surface area contributed by atoms with Crippen molar-refractivity contribution >= 4 is 34.6 Å². The largest absolute Gasteiger partial charge is 0.466 e. The molecule has 0 heterocycles. The molecule has 0 fully saturated rings. The number of esters is 1. The van der Waals surface area contributed by atoms with Crippen LogP contribution in [-0.2, 0) is 14.9 Å². The third-order valence-electron chi connectivity index (χ3n) is 5.30. The molecule has 0 atom stereocenters. The van der Waals surface area contributed by atoms with Gasteiger partial charge in [0.2, 0.25) is 0 Å². The lowest BCUT2D eigenvalue weighted by Crippen LogP contribution is -2.32. The Bertz CT molecular complexity index is 866. The number of nitrogens with zero attached hydrogens (tertiary/aromatic N) is 1. The Hall–Kier alpha value is -2.20. The van der Waals surface area contributed by atoms with E-state index in [0.29, 0.717) is 29.9 Å². The minimum absolute atomic E-state index is 0.171. The van der Waals surface area contributed by atoms with Crippen LogP contribution in [0.3, 0.4) is 0 Å². The van der Waals surface area contributed by atoms with Crippen LogP contribution in [0.1, 0.15) is 60.5 Å². The molecule has 176 valence electrons. The van der Waals surface area contributed by atoms with Crippen molar-refractivity contribution in [3.05, 3.63) is 53.1 Å². The zero-order valence-corrected chi connectivity index (χ0v) is 21.4. The molecule has 1 N–H and O–H groups in total. The second kappa shape index (κ2) is 11.6. The summed E-state index contributed by atoms with van der Waals surface area (Å²) in [5.74, 6) is 0.907. The van der Waals surface area contributed by atoms with Gasteiger partial charge in [0.25, 0.3) is 0 Å². The molecule has 0 spiro atoms. The summed E-state index contributed by atoms with van der Waals surface area (Å²) in [6.07, 6.45) is 0.336. The minimum atomic E-state index is -0.345. The number of hydrogen-bond donors (Lipinski definition) is 1. The molecule has 2 rings (SSSR count). The SMILES string of the molecule is CCOC(=O)CC(C)(C)c1ccc(N(CC(C)C)CC(C)C)c(Nc2ccc(Cl)cc2)c1. The standard InChI is InChI=1S/C27H39ClN2O2/c1-8-32-26(31)16-27(6,7)21-9-14-25(30(17-19(2)3)18-20(4)5)24(15-21)29-23-12-10-22(28)11-13-23/h9-15,19-20,29H,8,16-18H2,1-7H3. The smallest absolute Gasteiger partial charge is 0.306 e. The highest BCUT2D eigenvalue weighted by atomic mass is 35.5. The number of carbonyl (C=O) groups is 1. The lowest BCUT2D eigenvalue weighted by molar-refractivity contribution is -0.144. The average molecular weight is 459 g/mol. The second-order valence-electron chi connectivity index (χ2n) is 9.92. The summed E-state index contributed by atoms with van der Waals surface area (Å²) in [5.41, 5.74) is 3.92. The van der Waals surface area contributed by atoms with Crippen LogP contribution in [0.2, 0.25) is 5.02 Å². The predicted molar refractivity (Wildman–Crippen MR) is 137 cm³/mol. The van der Waals surface area contributed by atoms with Crippen molar-refractivity contribution in [1.29, 1.82) is 0 Å². The Morgan fingerprint density at radius 2 is 1.62 bits per heavy atom. The van der Waals surface area contributed by atoms with E-state index in [9.17, 15) is 4.79 Å². The lowest BCUT2D eigenvalue weighted by atomic mass is 9.81. The predicted octanol–water partition coefficient (Wildman–Crippen LogP) is 7.43. The molecule has 2 aromatic carbocycles. The van der Waals surface area contributed by atoms with Gasteiger partial charge < -0.3 is 15.0 Å². The van der Waals surface area contributed by atoms with Crippen LogP contribution in [-0.4, -0.2) is 25.7 Å². The Morgan fingerprint density at radius 3 is 2.16 bits per heavy atom. The van der Waals surface area contributed by atoms with Gasteiger partial charge >= 0.3 is 5.97 Å². The molecule has 0 amide bonds. The Morgan fingerprint density at radius 1 is 1.03 bits per heavy atom. The third-order valence-corrected chi connectivity index (χ3v) is 5.56. The number of rotatable bonds is 11. The zero-order chi connectivity index (χ0) is 23.9. The summed E-state index contributed by atoms with van der Waals surface area (Å²) in [7, 11) is 0. The van der Waals surface area contributed by atoms with Gasteiger partial charge in [-0.15, -0.1) is 0 Å². The van der Waals surface area contributed by atoms with Crippen LogP contribution in [0.5, 0.6) is 0 Å². The van der Waals surface area contributed by atoms with Crippen molar-refractivity contribution in [3.63, 3.8) is 0 Å². The summed E-state index contributed by atoms with van der Waals surface area (Å²) in [4.78, 5) is 14.7. The number of ether oxygens (including phenoxy) is 1. The first-order valence-electron chi connectivity index (χ1n) is 11.6. The zero-order valence-electron chi connectivity index (χ0n) is 20.7. The molecule has 0 unspecified atom stereocenters. The van der Waals surface area contributed by atoms with Gasteiger partial charge in [-0.2, -0.15) is 0 Å². The quantitative estimate of drug-likeness (QED) is 0.355. The average Bonchev–Trinajstić information content (AvgIpc) is 2.68. The summed E-state index contributed by atoms with van der Waals surface area (Å²) in [6, 6.07) is 14.3. The van der Waals surface area contributed by atoms with Crippen LogP contribution in [0, 0.1) is 11.8 Å². The van der Waals surface area contributed by atoms with E-state index in [2.05, 4.69) is 70.0 Å². The number of anilines is 3. The molecule has 5 heteroatoms. The maximum Gasteiger partial charge on any atom is 0.306 e. The highest BCUT2D eigenvalue weighted by molar-refractivity contribution is 6.30. The van der Waals surface area contributed by atoms with Crippen molar-refractivity contribution in [1.82, 2.24) is 0 Å². The molecule has 32 heavy (non-hydrogen) atoms. The molecule has 0 saturated carbocycles. The van der Waals surface area contributed by atoms with Crippen LogP contribution in [0.25, 0.3) is 0 Å². The topological polar surface area (TPSA) is 41.6 Å². The van der Waals surface area contributed by atoms with Crippen LogP contribution < -0.4 is 10.2 Å². The van der Waals surface area contributed by atoms with Crippen molar-refractivity contribution in [2.24, 2.45) is 11.8 Å². The van der Waals surface area contributed by atoms with Crippen molar-refractivity contribution in [2.45, 2.75) is 60.3 Å². The maximum atomic E-state index is 12.2. The van der Waals surface area contributed by atoms with Crippen LogP contribution in [0.4, 0.5) is 17.1 Å². The van der Waals surface area contributed by atoms with E-state index in [1.165, 1.54) is 0 Å². The summed E-state index contributed by atoms with van der Waals surface area (Å²) < 4.78 is 5.21.